The third kappa shape index (κ3) is 6.28. The minimum absolute atomic E-state index is 0.192. The maximum Gasteiger partial charge on any atom is 0.209 e. The van der Waals surface area contributed by atoms with Gasteiger partial charge in [-0.05, 0) is 39.2 Å². The molecule has 0 heterocycles. The Balaban J connectivity index is 2.33. The van der Waals surface area contributed by atoms with Gasteiger partial charge in [-0.1, -0.05) is 13.3 Å². The minimum Gasteiger partial charge on any atom is -0.475 e. The molecule has 116 valence electrons. The predicted octanol–water partition coefficient (Wildman–Crippen LogP) is 1.96. The SMILES string of the molecule is CCCCN/C(=C/C(=N)OC1CCC(NC)CC1)NC. The summed E-state index contributed by atoms with van der Waals surface area (Å²) in [6.07, 6.45) is 8.53. The summed E-state index contributed by atoms with van der Waals surface area (Å²) < 4.78 is 5.72. The zero-order valence-corrected chi connectivity index (χ0v) is 13.1. The average Bonchev–Trinajstić information content (AvgIpc) is 2.47. The van der Waals surface area contributed by atoms with Crippen molar-refractivity contribution in [2.45, 2.75) is 57.6 Å². The summed E-state index contributed by atoms with van der Waals surface area (Å²) in [7, 11) is 3.87. The highest BCUT2D eigenvalue weighted by molar-refractivity contribution is 5.85. The van der Waals surface area contributed by atoms with Crippen molar-refractivity contribution in [1.82, 2.24) is 16.0 Å². The van der Waals surface area contributed by atoms with E-state index in [2.05, 4.69) is 22.9 Å². The van der Waals surface area contributed by atoms with Gasteiger partial charge >= 0.3 is 0 Å². The zero-order chi connectivity index (χ0) is 14.8. The zero-order valence-electron chi connectivity index (χ0n) is 13.1. The van der Waals surface area contributed by atoms with Gasteiger partial charge < -0.3 is 20.7 Å². The Hall–Kier alpha value is -1.23. The van der Waals surface area contributed by atoms with Gasteiger partial charge in [0.15, 0.2) is 0 Å². The van der Waals surface area contributed by atoms with Crippen LogP contribution < -0.4 is 16.0 Å². The lowest BCUT2D eigenvalue weighted by Gasteiger charge is -2.28. The Morgan fingerprint density at radius 1 is 1.25 bits per heavy atom. The van der Waals surface area contributed by atoms with Crippen molar-refractivity contribution in [3.05, 3.63) is 11.9 Å². The van der Waals surface area contributed by atoms with Crippen LogP contribution in [0.5, 0.6) is 0 Å². The fourth-order valence-corrected chi connectivity index (χ4v) is 2.43. The Morgan fingerprint density at radius 2 is 1.95 bits per heavy atom. The molecule has 0 bridgehead atoms. The Kier molecular flexibility index (Phi) is 8.11. The molecule has 0 aliphatic heterocycles. The normalized spacial score (nSPS) is 23.2. The van der Waals surface area contributed by atoms with E-state index in [1.807, 2.05) is 14.1 Å². The fraction of sp³-hybridized carbons (Fsp3) is 0.800. The van der Waals surface area contributed by atoms with Crippen LogP contribution >= 0.6 is 0 Å². The molecule has 0 aromatic heterocycles. The summed E-state index contributed by atoms with van der Waals surface area (Å²) in [6.45, 7) is 3.08. The molecule has 5 heteroatoms. The first-order chi connectivity index (χ1) is 9.69. The van der Waals surface area contributed by atoms with Gasteiger partial charge in [0, 0.05) is 25.7 Å². The Bertz CT molecular complexity index is 309. The van der Waals surface area contributed by atoms with Gasteiger partial charge in [0.25, 0.3) is 0 Å². The lowest BCUT2D eigenvalue weighted by Crippen LogP contribution is -2.34. The molecule has 0 aromatic rings. The standard InChI is InChI=1S/C15H30N4O/c1-4-5-10-19-15(18-3)11-14(16)20-13-8-6-12(17-2)7-9-13/h11-13,16-19H,4-10H2,1-3H3/b15-11+,16-14?. The van der Waals surface area contributed by atoms with Crippen molar-refractivity contribution in [1.29, 1.82) is 5.41 Å². The highest BCUT2D eigenvalue weighted by Gasteiger charge is 2.21. The van der Waals surface area contributed by atoms with Gasteiger partial charge in [-0.15, -0.1) is 0 Å². The molecule has 20 heavy (non-hydrogen) atoms. The van der Waals surface area contributed by atoms with Gasteiger partial charge in [0.2, 0.25) is 5.90 Å². The smallest absolute Gasteiger partial charge is 0.209 e. The van der Waals surface area contributed by atoms with E-state index in [1.54, 1.807) is 6.08 Å². The van der Waals surface area contributed by atoms with E-state index in [0.29, 0.717) is 6.04 Å². The molecular formula is C15H30N4O. The van der Waals surface area contributed by atoms with Crippen LogP contribution in [0.4, 0.5) is 0 Å². The van der Waals surface area contributed by atoms with Crippen LogP contribution in [0.15, 0.2) is 11.9 Å². The van der Waals surface area contributed by atoms with Crippen molar-refractivity contribution < 1.29 is 4.74 Å². The highest BCUT2D eigenvalue weighted by atomic mass is 16.5. The maximum atomic E-state index is 7.94. The molecule has 1 saturated carbocycles. The minimum atomic E-state index is 0.192. The molecule has 1 rings (SSSR count). The molecule has 4 N–H and O–H groups in total. The van der Waals surface area contributed by atoms with Crippen molar-refractivity contribution in [2.75, 3.05) is 20.6 Å². The van der Waals surface area contributed by atoms with Gasteiger partial charge in [0.05, 0.1) is 0 Å². The molecule has 0 aromatic carbocycles. The first-order valence-electron chi connectivity index (χ1n) is 7.75. The van der Waals surface area contributed by atoms with Crippen molar-refractivity contribution in [3.8, 4) is 0 Å². The number of nitrogens with one attached hydrogen (secondary N) is 4. The van der Waals surface area contributed by atoms with Crippen LogP contribution in [0.2, 0.25) is 0 Å². The van der Waals surface area contributed by atoms with E-state index in [-0.39, 0.29) is 12.0 Å². The lowest BCUT2D eigenvalue weighted by molar-refractivity contribution is 0.130. The quantitative estimate of drug-likeness (QED) is 0.312. The molecule has 1 aliphatic rings. The third-order valence-electron chi connectivity index (χ3n) is 3.77. The van der Waals surface area contributed by atoms with Crippen LogP contribution in [0.1, 0.15) is 45.4 Å². The van der Waals surface area contributed by atoms with E-state index in [1.165, 1.54) is 0 Å². The summed E-state index contributed by atoms with van der Waals surface area (Å²) >= 11 is 0. The first-order valence-corrected chi connectivity index (χ1v) is 7.75. The second-order valence-corrected chi connectivity index (χ2v) is 5.33. The summed E-state index contributed by atoms with van der Waals surface area (Å²) in [5.41, 5.74) is 0. The first kappa shape index (κ1) is 16.8. The maximum absolute atomic E-state index is 7.94. The monoisotopic (exact) mass is 282 g/mol. The van der Waals surface area contributed by atoms with E-state index in [0.717, 1.165) is 50.9 Å². The molecule has 5 nitrogen and oxygen atoms in total. The molecule has 0 atom stereocenters. The number of unbranched alkanes of at least 4 members (excludes halogenated alkanes) is 1. The topological polar surface area (TPSA) is 69.2 Å². The second kappa shape index (κ2) is 9.64. The highest BCUT2D eigenvalue weighted by Crippen LogP contribution is 2.21. The second-order valence-electron chi connectivity index (χ2n) is 5.33. The summed E-state index contributed by atoms with van der Waals surface area (Å²) in [6, 6.07) is 0.614. The predicted molar refractivity (Wildman–Crippen MR) is 84.0 cm³/mol. The molecule has 0 radical (unpaired) electrons. The van der Waals surface area contributed by atoms with Crippen molar-refractivity contribution in [2.24, 2.45) is 0 Å². The number of hydrogen-bond acceptors (Lipinski definition) is 5. The molecule has 0 unspecified atom stereocenters. The summed E-state index contributed by atoms with van der Waals surface area (Å²) in [5, 5.41) is 17.6. The molecule has 0 amide bonds. The molecule has 0 saturated heterocycles. The van der Waals surface area contributed by atoms with E-state index in [4.69, 9.17) is 10.1 Å². The largest absolute Gasteiger partial charge is 0.475 e. The van der Waals surface area contributed by atoms with Crippen LogP contribution in [-0.4, -0.2) is 38.7 Å². The van der Waals surface area contributed by atoms with Crippen LogP contribution in [0.25, 0.3) is 0 Å². The third-order valence-corrected chi connectivity index (χ3v) is 3.77. The van der Waals surface area contributed by atoms with Gasteiger partial charge in [-0.3, -0.25) is 5.41 Å². The molecule has 1 aliphatic carbocycles. The van der Waals surface area contributed by atoms with Gasteiger partial charge in [-0.25, -0.2) is 0 Å². The number of ether oxygens (including phenoxy) is 1. The van der Waals surface area contributed by atoms with Crippen LogP contribution in [-0.2, 0) is 4.74 Å². The van der Waals surface area contributed by atoms with E-state index >= 15 is 0 Å². The molecule has 0 spiro atoms. The van der Waals surface area contributed by atoms with Crippen molar-refractivity contribution >= 4 is 5.90 Å². The average molecular weight is 282 g/mol. The Labute approximate surface area is 123 Å². The number of rotatable bonds is 8. The Morgan fingerprint density at radius 3 is 2.50 bits per heavy atom. The van der Waals surface area contributed by atoms with Crippen LogP contribution in [0.3, 0.4) is 0 Å². The fourth-order valence-electron chi connectivity index (χ4n) is 2.43. The van der Waals surface area contributed by atoms with Crippen molar-refractivity contribution in [3.63, 3.8) is 0 Å². The molecular weight excluding hydrogens is 252 g/mol. The van der Waals surface area contributed by atoms with E-state index < -0.39 is 0 Å². The number of hydrogen-bond donors (Lipinski definition) is 4. The van der Waals surface area contributed by atoms with E-state index in [9.17, 15) is 0 Å². The lowest BCUT2D eigenvalue weighted by atomic mass is 9.93. The summed E-state index contributed by atoms with van der Waals surface area (Å²) in [5.74, 6) is 1.10. The van der Waals surface area contributed by atoms with Gasteiger partial charge in [0.1, 0.15) is 11.9 Å². The summed E-state index contributed by atoms with van der Waals surface area (Å²) in [4.78, 5) is 0. The van der Waals surface area contributed by atoms with Crippen LogP contribution in [0, 0.1) is 5.41 Å². The molecule has 1 fully saturated rings. The van der Waals surface area contributed by atoms with Gasteiger partial charge in [-0.2, -0.15) is 0 Å².